The Morgan fingerprint density at radius 3 is 2.82 bits per heavy atom. The van der Waals surface area contributed by atoms with Gasteiger partial charge in [0.25, 0.3) is 0 Å². The predicted molar refractivity (Wildman–Crippen MR) is 41.0 cm³/mol. The molecule has 1 fully saturated rings. The van der Waals surface area contributed by atoms with Gasteiger partial charge in [0.2, 0.25) is 0 Å². The summed E-state index contributed by atoms with van der Waals surface area (Å²) in [6.45, 7) is 0. The van der Waals surface area contributed by atoms with Gasteiger partial charge in [-0.1, -0.05) is 0 Å². The normalized spacial score (nSPS) is 30.3. The van der Waals surface area contributed by atoms with Crippen molar-refractivity contribution < 1.29 is 23.3 Å². The van der Waals surface area contributed by atoms with Crippen molar-refractivity contribution in [1.82, 2.24) is 0 Å². The molecule has 0 radical (unpaired) electrons. The van der Waals surface area contributed by atoms with Crippen LogP contribution in [0.4, 0.5) is 0 Å². The third-order valence-corrected chi connectivity index (χ3v) is 11.0. The number of halogens is 1. The van der Waals surface area contributed by atoms with Gasteiger partial charge in [0.1, 0.15) is 0 Å². The van der Waals surface area contributed by atoms with Crippen LogP contribution in [0.2, 0.25) is 3.43 Å². The SMILES string of the molecule is [N-]=[N+]=N[C@@H]1CCCC[C@H]1[Hg][Cl]. The van der Waals surface area contributed by atoms with E-state index in [0.29, 0.717) is 3.43 Å². The van der Waals surface area contributed by atoms with Crippen molar-refractivity contribution in [3.05, 3.63) is 10.4 Å². The van der Waals surface area contributed by atoms with Crippen molar-refractivity contribution >= 4 is 8.25 Å². The Balaban J connectivity index is 2.50. The molecule has 0 bridgehead atoms. The van der Waals surface area contributed by atoms with Crippen molar-refractivity contribution in [1.29, 1.82) is 0 Å². The van der Waals surface area contributed by atoms with Crippen LogP contribution in [0.1, 0.15) is 25.7 Å². The molecule has 0 heterocycles. The summed E-state index contributed by atoms with van der Waals surface area (Å²) in [6.07, 6.45) is 4.79. The van der Waals surface area contributed by atoms with Crippen LogP contribution in [0, 0.1) is 0 Å². The number of rotatable bonds is 2. The maximum atomic E-state index is 8.27. The Hall–Kier alpha value is 0.535. The van der Waals surface area contributed by atoms with E-state index in [0.717, 1.165) is 6.42 Å². The Morgan fingerprint density at radius 1 is 1.45 bits per heavy atom. The van der Waals surface area contributed by atoms with Crippen LogP contribution in [0.25, 0.3) is 10.4 Å². The summed E-state index contributed by atoms with van der Waals surface area (Å²) in [4.78, 5) is 2.86. The Bertz CT molecular complexity index is 169. The predicted octanol–water partition coefficient (Wildman–Crippen LogP) is 3.26. The maximum absolute atomic E-state index is 8.27. The molecule has 0 aromatic rings. The zero-order valence-electron chi connectivity index (χ0n) is 6.41. The second-order valence-electron chi connectivity index (χ2n) is 2.97. The van der Waals surface area contributed by atoms with E-state index >= 15 is 0 Å². The average Bonchev–Trinajstić information content (AvgIpc) is 2.06. The Labute approximate surface area is 82.0 Å². The summed E-state index contributed by atoms with van der Waals surface area (Å²) in [5.41, 5.74) is 8.27. The van der Waals surface area contributed by atoms with Crippen LogP contribution in [-0.4, -0.2) is 6.04 Å². The Kier molecular flexibility index (Phi) is 4.57. The monoisotopic (exact) mass is 361 g/mol. The third-order valence-electron chi connectivity index (χ3n) is 2.27. The van der Waals surface area contributed by atoms with Gasteiger partial charge in [-0.3, -0.25) is 0 Å². The zero-order chi connectivity index (χ0) is 8.10. The van der Waals surface area contributed by atoms with E-state index in [1.54, 1.807) is 0 Å². The van der Waals surface area contributed by atoms with Gasteiger partial charge in [-0.05, 0) is 0 Å². The first-order valence-corrected chi connectivity index (χ1v) is 13.9. The zero-order valence-corrected chi connectivity index (χ0v) is 12.7. The molecular formula is C6H10ClHgN3. The van der Waals surface area contributed by atoms with Gasteiger partial charge in [-0.2, -0.15) is 0 Å². The first-order chi connectivity index (χ1) is 5.38. The average molecular weight is 360 g/mol. The van der Waals surface area contributed by atoms with E-state index in [-0.39, 0.29) is 6.04 Å². The van der Waals surface area contributed by atoms with Crippen LogP contribution < -0.4 is 0 Å². The summed E-state index contributed by atoms with van der Waals surface area (Å²) in [5.74, 6) is 0. The van der Waals surface area contributed by atoms with Gasteiger partial charge < -0.3 is 0 Å². The molecular weight excluding hydrogens is 350 g/mol. The molecule has 0 N–H and O–H groups in total. The molecule has 1 saturated carbocycles. The van der Waals surface area contributed by atoms with Crippen molar-refractivity contribution in [2.24, 2.45) is 5.11 Å². The second kappa shape index (κ2) is 5.23. The molecule has 1 rings (SSSR count). The Morgan fingerprint density at radius 2 is 2.18 bits per heavy atom. The van der Waals surface area contributed by atoms with Crippen LogP contribution in [0.5, 0.6) is 0 Å². The summed E-state index contributed by atoms with van der Waals surface area (Å²) >= 11 is -1.16. The molecule has 0 spiro atoms. The van der Waals surface area contributed by atoms with Gasteiger partial charge in [-0.25, -0.2) is 0 Å². The van der Waals surface area contributed by atoms with Gasteiger partial charge in [0.15, 0.2) is 0 Å². The number of hydrogen-bond donors (Lipinski definition) is 0. The quantitative estimate of drug-likeness (QED) is 0.314. The van der Waals surface area contributed by atoms with E-state index in [1.807, 2.05) is 0 Å². The first kappa shape index (κ1) is 9.62. The minimum atomic E-state index is -1.16. The van der Waals surface area contributed by atoms with Crippen molar-refractivity contribution in [2.45, 2.75) is 35.2 Å². The molecule has 58 valence electrons. The van der Waals surface area contributed by atoms with Crippen LogP contribution in [0.15, 0.2) is 5.11 Å². The van der Waals surface area contributed by atoms with Gasteiger partial charge in [0, 0.05) is 0 Å². The fraction of sp³-hybridized carbons (Fsp3) is 1.00. The van der Waals surface area contributed by atoms with E-state index in [2.05, 4.69) is 10.0 Å². The fourth-order valence-electron chi connectivity index (χ4n) is 1.59. The summed E-state index contributed by atoms with van der Waals surface area (Å²) in [6, 6.07) is 0.257. The van der Waals surface area contributed by atoms with Crippen molar-refractivity contribution in [3.8, 4) is 0 Å². The third kappa shape index (κ3) is 2.81. The number of nitrogens with zero attached hydrogens (tertiary/aromatic N) is 3. The first-order valence-electron chi connectivity index (χ1n) is 3.98. The van der Waals surface area contributed by atoms with Crippen LogP contribution >= 0.6 is 8.25 Å². The summed E-state index contributed by atoms with van der Waals surface area (Å²) in [7, 11) is 5.95. The van der Waals surface area contributed by atoms with Gasteiger partial charge in [0.05, 0.1) is 0 Å². The van der Waals surface area contributed by atoms with Crippen molar-refractivity contribution in [2.75, 3.05) is 0 Å². The molecule has 11 heavy (non-hydrogen) atoms. The van der Waals surface area contributed by atoms with E-state index < -0.39 is 23.3 Å². The summed E-state index contributed by atoms with van der Waals surface area (Å²) in [5, 5.41) is 3.79. The van der Waals surface area contributed by atoms with Crippen molar-refractivity contribution in [3.63, 3.8) is 0 Å². The number of azide groups is 1. The molecule has 1 aliphatic rings. The van der Waals surface area contributed by atoms with Gasteiger partial charge >= 0.3 is 82.3 Å². The molecule has 1 aliphatic carbocycles. The molecule has 0 aromatic carbocycles. The molecule has 0 aliphatic heterocycles. The van der Waals surface area contributed by atoms with Crippen LogP contribution in [0.3, 0.4) is 0 Å². The van der Waals surface area contributed by atoms with Crippen LogP contribution in [-0.2, 0) is 23.3 Å². The summed E-state index contributed by atoms with van der Waals surface area (Å²) < 4.78 is 0.640. The molecule has 3 nitrogen and oxygen atoms in total. The molecule has 5 heteroatoms. The molecule has 0 unspecified atom stereocenters. The van der Waals surface area contributed by atoms with E-state index in [1.165, 1.54) is 19.3 Å². The molecule has 0 saturated heterocycles. The molecule has 0 amide bonds. The topological polar surface area (TPSA) is 48.8 Å². The van der Waals surface area contributed by atoms with E-state index in [4.69, 9.17) is 13.8 Å². The second-order valence-corrected chi connectivity index (χ2v) is 11.0. The number of hydrogen-bond acceptors (Lipinski definition) is 1. The fourth-order valence-corrected chi connectivity index (χ4v) is 8.55. The molecule has 0 aromatic heterocycles. The minimum absolute atomic E-state index is 0.257. The van der Waals surface area contributed by atoms with Gasteiger partial charge in [-0.15, -0.1) is 0 Å². The molecule has 2 atom stereocenters. The van der Waals surface area contributed by atoms with E-state index in [9.17, 15) is 0 Å². The standard InChI is InChI=1S/C6H10N3.ClH.Hg/c7-9-8-6-4-2-1-3-5-6;;/h4,6H,1-3,5H2;1H;/q;;+1/p-1/t6-;;/m0../s1.